The van der Waals surface area contributed by atoms with Gasteiger partial charge in [-0.05, 0) is 18.9 Å². The minimum Gasteiger partial charge on any atom is -0.312 e. The number of rotatable bonds is 3. The number of halogens is 1. The molecule has 1 aromatic rings. The van der Waals surface area contributed by atoms with E-state index in [9.17, 15) is 4.79 Å². The summed E-state index contributed by atoms with van der Waals surface area (Å²) in [6.07, 6.45) is 2.69. The largest absolute Gasteiger partial charge is 0.312 e. The molecule has 0 saturated heterocycles. The summed E-state index contributed by atoms with van der Waals surface area (Å²) in [7, 11) is 0. The van der Waals surface area contributed by atoms with Crippen LogP contribution in [0.25, 0.3) is 0 Å². The Hall–Kier alpha value is -1.09. The van der Waals surface area contributed by atoms with Crippen molar-refractivity contribution in [2.75, 3.05) is 0 Å². The van der Waals surface area contributed by atoms with Crippen LogP contribution in [0.4, 0.5) is 0 Å². The molecule has 1 N–H and O–H groups in total. The van der Waals surface area contributed by atoms with Crippen molar-refractivity contribution < 1.29 is 0 Å². The van der Waals surface area contributed by atoms with Gasteiger partial charge in [0.1, 0.15) is 0 Å². The zero-order valence-corrected chi connectivity index (χ0v) is 9.88. The Morgan fingerprint density at radius 1 is 1.47 bits per heavy atom. The highest BCUT2D eigenvalue weighted by Crippen LogP contribution is 2.16. The minimum atomic E-state index is -0.196. The van der Waals surface area contributed by atoms with Crippen LogP contribution in [0.3, 0.4) is 0 Å². The summed E-state index contributed by atoms with van der Waals surface area (Å²) in [6, 6.07) is 1.76. The second-order valence-electron chi connectivity index (χ2n) is 3.92. The van der Waals surface area contributed by atoms with Gasteiger partial charge in [-0.25, -0.2) is 0 Å². The van der Waals surface area contributed by atoms with Crippen LogP contribution < -0.4 is 5.56 Å². The van der Waals surface area contributed by atoms with Gasteiger partial charge in [0, 0.05) is 18.5 Å². The fraction of sp³-hybridized carbons (Fsp3) is 0.455. The molecule has 0 aliphatic rings. The van der Waals surface area contributed by atoms with Crippen molar-refractivity contribution in [1.82, 2.24) is 4.57 Å². The van der Waals surface area contributed by atoms with Gasteiger partial charge >= 0.3 is 0 Å². The smallest absolute Gasteiger partial charge is 0.261 e. The maximum Gasteiger partial charge on any atom is 0.261 e. The molecule has 0 amide bonds. The van der Waals surface area contributed by atoms with Crippen LogP contribution in [0.5, 0.6) is 0 Å². The molecule has 82 valence electrons. The summed E-state index contributed by atoms with van der Waals surface area (Å²) in [4.78, 5) is 11.9. The maximum atomic E-state index is 11.9. The van der Waals surface area contributed by atoms with Gasteiger partial charge in [-0.1, -0.05) is 25.4 Å². The first kappa shape index (κ1) is 12.0. The summed E-state index contributed by atoms with van der Waals surface area (Å²) in [5.41, 5.74) is 0.0605. The molecule has 0 radical (unpaired) electrons. The van der Waals surface area contributed by atoms with Crippen LogP contribution >= 0.6 is 11.6 Å². The van der Waals surface area contributed by atoms with Gasteiger partial charge in [0.2, 0.25) is 0 Å². The van der Waals surface area contributed by atoms with Crippen LogP contribution in [-0.4, -0.2) is 10.8 Å². The van der Waals surface area contributed by atoms with Crippen molar-refractivity contribution in [2.45, 2.75) is 26.8 Å². The average Bonchev–Trinajstić information content (AvgIpc) is 2.17. The number of hydrogen-bond donors (Lipinski definition) is 1. The lowest BCUT2D eigenvalue weighted by molar-refractivity contribution is 0.398. The number of pyridine rings is 1. The molecule has 3 nitrogen and oxygen atoms in total. The van der Waals surface area contributed by atoms with Crippen LogP contribution in [0.15, 0.2) is 17.1 Å². The molecule has 0 aliphatic carbocycles. The standard InChI is InChI=1S/C11H15ClN2O/c1-7(2)8(3)14-5-4-10(12)9(6-13)11(14)15/h4-8,13H,1-3H3/t8-/m0/s1. The molecule has 4 heteroatoms. The van der Waals surface area contributed by atoms with Gasteiger partial charge in [0.25, 0.3) is 5.56 Å². The van der Waals surface area contributed by atoms with Crippen LogP contribution in [-0.2, 0) is 0 Å². The molecule has 0 aliphatic heterocycles. The third-order valence-corrected chi connectivity index (χ3v) is 2.98. The Kier molecular flexibility index (Phi) is 3.69. The molecule has 0 spiro atoms. The summed E-state index contributed by atoms with van der Waals surface area (Å²) in [5, 5.41) is 7.48. The van der Waals surface area contributed by atoms with Crippen molar-refractivity contribution >= 4 is 17.8 Å². The average molecular weight is 227 g/mol. The van der Waals surface area contributed by atoms with Gasteiger partial charge in [-0.3, -0.25) is 4.79 Å². The topological polar surface area (TPSA) is 45.9 Å². The highest BCUT2D eigenvalue weighted by molar-refractivity contribution is 6.32. The van der Waals surface area contributed by atoms with E-state index in [1.54, 1.807) is 16.8 Å². The second kappa shape index (κ2) is 4.62. The molecule has 0 unspecified atom stereocenters. The normalized spacial score (nSPS) is 12.9. The second-order valence-corrected chi connectivity index (χ2v) is 4.33. The molecule has 1 heterocycles. The molecule has 0 saturated carbocycles. The van der Waals surface area contributed by atoms with E-state index in [0.29, 0.717) is 10.9 Å². The van der Waals surface area contributed by atoms with Gasteiger partial charge in [-0.2, -0.15) is 0 Å². The fourth-order valence-corrected chi connectivity index (χ4v) is 1.51. The minimum absolute atomic E-state index is 0.105. The number of aromatic nitrogens is 1. The Morgan fingerprint density at radius 3 is 2.53 bits per heavy atom. The van der Waals surface area contributed by atoms with E-state index in [0.717, 1.165) is 6.21 Å². The Bertz CT molecular complexity index is 423. The van der Waals surface area contributed by atoms with E-state index in [4.69, 9.17) is 17.0 Å². The summed E-state index contributed by atoms with van der Waals surface area (Å²) in [5.74, 6) is 0.363. The quantitative estimate of drug-likeness (QED) is 0.792. The molecule has 1 aromatic heterocycles. The zero-order chi connectivity index (χ0) is 11.6. The molecule has 0 fully saturated rings. The molecular formula is C11H15ClN2O. The Labute approximate surface area is 94.2 Å². The van der Waals surface area contributed by atoms with Gasteiger partial charge in [0.05, 0.1) is 10.6 Å². The van der Waals surface area contributed by atoms with Crippen LogP contribution in [0, 0.1) is 11.3 Å². The van der Waals surface area contributed by atoms with E-state index in [1.807, 2.05) is 6.92 Å². The van der Waals surface area contributed by atoms with E-state index < -0.39 is 0 Å². The Morgan fingerprint density at radius 2 is 2.07 bits per heavy atom. The van der Waals surface area contributed by atoms with E-state index in [-0.39, 0.29) is 17.2 Å². The first-order valence-electron chi connectivity index (χ1n) is 4.90. The zero-order valence-electron chi connectivity index (χ0n) is 9.12. The highest BCUT2D eigenvalue weighted by atomic mass is 35.5. The van der Waals surface area contributed by atoms with Gasteiger partial charge < -0.3 is 9.98 Å². The monoisotopic (exact) mass is 226 g/mol. The maximum absolute atomic E-state index is 11.9. The third-order valence-electron chi connectivity index (χ3n) is 2.65. The molecular weight excluding hydrogens is 212 g/mol. The molecule has 15 heavy (non-hydrogen) atoms. The van der Waals surface area contributed by atoms with Crippen molar-refractivity contribution in [3.63, 3.8) is 0 Å². The SMILES string of the molecule is CC(C)[C@H](C)n1ccc(Cl)c(C=N)c1=O. The first-order valence-corrected chi connectivity index (χ1v) is 5.28. The van der Waals surface area contributed by atoms with Gasteiger partial charge in [0.15, 0.2) is 0 Å². The molecule has 0 bridgehead atoms. The van der Waals surface area contributed by atoms with E-state index in [2.05, 4.69) is 13.8 Å². The van der Waals surface area contributed by atoms with Crippen LogP contribution in [0.1, 0.15) is 32.4 Å². The first-order chi connectivity index (χ1) is 6.99. The molecule has 1 atom stereocenters. The lowest BCUT2D eigenvalue weighted by Gasteiger charge is -2.19. The number of nitrogens with zero attached hydrogens (tertiary/aromatic N) is 1. The molecule has 1 rings (SSSR count). The van der Waals surface area contributed by atoms with Gasteiger partial charge in [-0.15, -0.1) is 0 Å². The van der Waals surface area contributed by atoms with Crippen molar-refractivity contribution in [3.8, 4) is 0 Å². The fourth-order valence-electron chi connectivity index (χ4n) is 1.32. The summed E-state index contributed by atoms with van der Waals surface area (Å²) in [6.45, 7) is 6.08. The lowest BCUT2D eigenvalue weighted by Crippen LogP contribution is -2.28. The summed E-state index contributed by atoms with van der Waals surface area (Å²) >= 11 is 5.82. The van der Waals surface area contributed by atoms with Crippen molar-refractivity contribution in [1.29, 1.82) is 5.41 Å². The lowest BCUT2D eigenvalue weighted by atomic mass is 10.1. The predicted molar refractivity (Wildman–Crippen MR) is 63.1 cm³/mol. The van der Waals surface area contributed by atoms with Crippen molar-refractivity contribution in [2.24, 2.45) is 5.92 Å². The predicted octanol–water partition coefficient (Wildman–Crippen LogP) is 2.72. The highest BCUT2D eigenvalue weighted by Gasteiger charge is 2.13. The Balaban J connectivity index is 3.34. The van der Waals surface area contributed by atoms with E-state index >= 15 is 0 Å². The third kappa shape index (κ3) is 2.29. The number of nitrogens with one attached hydrogen (secondary N) is 1. The van der Waals surface area contributed by atoms with E-state index in [1.165, 1.54) is 0 Å². The summed E-state index contributed by atoms with van der Waals surface area (Å²) < 4.78 is 1.62. The van der Waals surface area contributed by atoms with Crippen molar-refractivity contribution in [3.05, 3.63) is 33.2 Å². The number of hydrogen-bond acceptors (Lipinski definition) is 2. The molecule has 0 aromatic carbocycles. The van der Waals surface area contributed by atoms with Crippen LogP contribution in [0.2, 0.25) is 5.02 Å².